The molecule has 2 saturated heterocycles. The van der Waals surface area contributed by atoms with Crippen molar-refractivity contribution in [1.29, 1.82) is 0 Å². The van der Waals surface area contributed by atoms with E-state index in [1.807, 2.05) is 0 Å². The number of likely N-dealkylation sites (tertiary alicyclic amines) is 1. The van der Waals surface area contributed by atoms with Crippen molar-refractivity contribution in [3.05, 3.63) is 59.2 Å². The van der Waals surface area contributed by atoms with E-state index in [4.69, 9.17) is 63.6 Å². The van der Waals surface area contributed by atoms with Crippen molar-refractivity contribution in [1.82, 2.24) is 61.8 Å². The van der Waals surface area contributed by atoms with E-state index in [0.717, 1.165) is 9.80 Å². The number of piperidine rings is 1. The summed E-state index contributed by atoms with van der Waals surface area (Å²) in [6.45, 7) is 9.22. The maximum atomic E-state index is 15.5. The van der Waals surface area contributed by atoms with Gasteiger partial charge < -0.3 is 146 Å². The third-order valence-electron chi connectivity index (χ3n) is 25.0. The number of urea groups is 1. The van der Waals surface area contributed by atoms with Gasteiger partial charge in [-0.1, -0.05) is 65.3 Å². The van der Waals surface area contributed by atoms with E-state index >= 15 is 9.00 Å². The summed E-state index contributed by atoms with van der Waals surface area (Å²) in [6, 6.07) is 2.19. The fraction of sp³-hybridized carbons (Fsp3) is 0.674. The van der Waals surface area contributed by atoms with Gasteiger partial charge in [-0.2, -0.15) is 0 Å². The number of nitrogens with one attached hydrogen (secondary N) is 8. The predicted octanol–water partition coefficient (Wildman–Crippen LogP) is -1.22. The first-order valence-electron chi connectivity index (χ1n) is 48.4. The molecule has 2 bridgehead atoms. The van der Waals surface area contributed by atoms with Crippen LogP contribution in [-0.4, -0.2) is 390 Å². The maximum absolute atomic E-state index is 15.5. The predicted molar refractivity (Wildman–Crippen MR) is 510 cm³/mol. The molecule has 0 saturated carbocycles. The minimum atomic E-state index is -2.55. The number of carboxylic acid groups (broad SMARTS) is 1. The number of aromatic amines is 1. The fourth-order valence-electron chi connectivity index (χ4n) is 16.3. The molecule has 48 heteroatoms. The number of rotatable bonds is 56. The summed E-state index contributed by atoms with van der Waals surface area (Å²) in [4.78, 5) is 243. The Morgan fingerprint density at radius 2 is 1.25 bits per heavy atom. The van der Waals surface area contributed by atoms with Crippen LogP contribution >= 0.6 is 0 Å². The number of amides is 13. The zero-order valence-corrected chi connectivity index (χ0v) is 83.3. The van der Waals surface area contributed by atoms with Gasteiger partial charge in [0.15, 0.2) is 17.3 Å². The second kappa shape index (κ2) is 63.2. The van der Waals surface area contributed by atoms with Crippen LogP contribution in [0.4, 0.5) is 14.4 Å². The number of benzene rings is 2. The molecule has 3 aromatic rings. The molecule has 47 nitrogen and oxygen atoms in total. The molecule has 13 atom stereocenters. The maximum Gasteiger partial charge on any atom is 0.415 e. The van der Waals surface area contributed by atoms with E-state index < -0.39 is 236 Å². The molecule has 4 aliphatic heterocycles. The third kappa shape index (κ3) is 41.1. The minimum Gasteiger partial charge on any atom is -0.481 e. The first-order valence-corrected chi connectivity index (χ1v) is 49.7. The molecule has 2 fully saturated rings. The molecule has 16 N–H and O–H groups in total. The number of aliphatic hydroxyl groups is 3. The lowest BCUT2D eigenvalue weighted by Gasteiger charge is -2.32. The molecule has 7 rings (SSSR count). The smallest absolute Gasteiger partial charge is 0.415 e. The van der Waals surface area contributed by atoms with Crippen LogP contribution in [0.5, 0.6) is 5.75 Å². The van der Waals surface area contributed by atoms with Crippen LogP contribution in [0.1, 0.15) is 128 Å². The molecular weight excluding hydrogens is 1900 g/mol. The van der Waals surface area contributed by atoms with E-state index in [-0.39, 0.29) is 195 Å². The Kier molecular flexibility index (Phi) is 52.5. The molecule has 5 heterocycles. The Bertz CT molecular complexity index is 4710. The second-order valence-corrected chi connectivity index (χ2v) is 37.4. The number of aliphatic carboxylic acids is 1. The lowest BCUT2D eigenvalue weighted by molar-refractivity contribution is -0.146. The first-order chi connectivity index (χ1) is 68.4. The van der Waals surface area contributed by atoms with Crippen molar-refractivity contribution >= 4 is 122 Å². The van der Waals surface area contributed by atoms with Crippen molar-refractivity contribution in [2.75, 3.05) is 198 Å². The average molecular weight is 2040 g/mol. The van der Waals surface area contributed by atoms with Gasteiger partial charge in [-0.15, -0.1) is 0 Å². The summed E-state index contributed by atoms with van der Waals surface area (Å²) in [6.07, 6.45) is -7.27. The number of ketones is 4. The molecule has 798 valence electrons. The van der Waals surface area contributed by atoms with Crippen LogP contribution < -0.4 is 53.4 Å². The van der Waals surface area contributed by atoms with Gasteiger partial charge in [0.2, 0.25) is 53.2 Å². The Balaban J connectivity index is 1.09. The fourth-order valence-corrected chi connectivity index (χ4v) is 17.7. The first kappa shape index (κ1) is 119. The molecule has 0 spiro atoms. The van der Waals surface area contributed by atoms with Crippen molar-refractivity contribution in [3.8, 4) is 5.75 Å². The summed E-state index contributed by atoms with van der Waals surface area (Å²) in [5.41, 5.74) is 12.1. The number of Topliss-reactive ketones (excluding diaryl/α,β-unsaturated/α-hetero) is 4. The largest absolute Gasteiger partial charge is 0.481 e. The van der Waals surface area contributed by atoms with Crippen LogP contribution in [-0.2, 0) is 145 Å². The summed E-state index contributed by atoms with van der Waals surface area (Å²) in [5, 5.41) is 59.5. The number of hydrogen-bond acceptors (Lipinski definition) is 32. The lowest BCUT2D eigenvalue weighted by atomic mass is 9.85. The number of nitrogens with two attached hydrogens (primary N) is 2. The van der Waals surface area contributed by atoms with E-state index in [2.05, 4.69) is 42.2 Å². The van der Waals surface area contributed by atoms with Gasteiger partial charge in [0.25, 0.3) is 0 Å². The second-order valence-electron chi connectivity index (χ2n) is 36.0. The van der Waals surface area contributed by atoms with Crippen LogP contribution in [0.15, 0.2) is 47.5 Å². The van der Waals surface area contributed by atoms with Gasteiger partial charge in [0.1, 0.15) is 35.2 Å². The summed E-state index contributed by atoms with van der Waals surface area (Å²) in [7, 11) is 0.405. The average Bonchev–Trinajstić information content (AvgIpc) is 1.62. The molecule has 4 aliphatic rings. The third-order valence-corrected chi connectivity index (χ3v) is 26.4. The number of ether oxygens (including phenoxy) is 11. The number of H-pyrrole nitrogens is 1. The Morgan fingerprint density at radius 3 is 1.84 bits per heavy atom. The quantitative estimate of drug-likeness (QED) is 0.0295. The zero-order chi connectivity index (χ0) is 105. The Labute approximate surface area is 832 Å². The number of likely N-dealkylation sites (N-methyl/N-ethyl adjacent to an activating group) is 1. The van der Waals surface area contributed by atoms with Crippen LogP contribution in [0.2, 0.25) is 0 Å². The van der Waals surface area contributed by atoms with Crippen LogP contribution in [0.3, 0.4) is 0 Å². The number of hydrogen-bond donors (Lipinski definition) is 14. The monoisotopic (exact) mass is 2040 g/mol. The summed E-state index contributed by atoms with van der Waals surface area (Å²) < 4.78 is 76.9. The topological polar surface area (TPSA) is 655 Å². The number of aromatic nitrogens is 1. The summed E-state index contributed by atoms with van der Waals surface area (Å²) >= 11 is 0. The number of methoxy groups -OCH3 is 1. The van der Waals surface area contributed by atoms with Gasteiger partial charge >= 0.3 is 24.2 Å². The van der Waals surface area contributed by atoms with Crippen molar-refractivity contribution in [3.63, 3.8) is 0 Å². The number of nitrogens with zero attached hydrogens (tertiary/aromatic N) is 4. The SMILES string of the molecule is CC[C@H](C)[C@@H]1NC(=O)CNC(=O)[C@@H]2CC(=O)[C@H]([C@@H](C)[C@@H](O)CO)NC(=O)[C@@H]3C[C@@H](O)CN3C(=O)[C@H](CC(N)=O)CC(=O)[C@H](CS(=O)c3[nH]c4cc(OC(=O)N(C)CCN(CCOCCOCCOCCOCCC(=O)N5CCC(C(=O)O)CC5)C(=O)OCc5ccc(CC(=O)[C@H](CCCNC(N)=O)NC(=O)[C@@H](CC(=O)CCOCCOCCOCCOCCOC)C(C)C)cc5)ccc4c3C2)NC(=O)CNC1=O. The Morgan fingerprint density at radius 1 is 0.664 bits per heavy atom. The molecule has 143 heavy (non-hydrogen) atoms. The highest BCUT2D eigenvalue weighted by Crippen LogP contribution is 2.34. The van der Waals surface area contributed by atoms with Crippen LogP contribution in [0.25, 0.3) is 10.9 Å². The molecule has 1 aromatic heterocycles. The van der Waals surface area contributed by atoms with Crippen molar-refractivity contribution in [2.24, 2.45) is 52.9 Å². The number of fused-ring (bicyclic) bond motifs is 5. The number of primary amides is 2. The highest BCUT2D eigenvalue weighted by molar-refractivity contribution is 7.85. The standard InChI is InChI=1S/C95H144N14O33S/c1-8-59(4)84-89(124)100-52-81(118)101-74-57-143(131)90-71(45-64(86(121)99-53-82(119)104-84)46-78(115)85(60(5)79(116)55-110)105-88(123)75-50-67(112)54-109(75)91(125)65(47-77(74)114)48-80(96)117)69-16-15-68(51-73(69)103-90)142-94(129)106(6)24-25-108(26-29-135-34-37-139-42-40-138-36-33-134-28-20-83(120)107-22-17-63(18-23-107)92(126)127)95(130)141-56-62-13-11-61(12-14-62)44-76(113)72(10-9-21-98-93(97)128)102-87(122)70(58(2)3)49-66(111)19-27-133-32-35-137-41-43-140-39-38-136-31-30-132-7/h11-16,51,58-60,63-65,67,70,72,74-75,79,84-85,103,110,112,116H,8-10,17-50,52-57H2,1-7H3,(H2,96,117)(H,99,121)(H,100,124)(H,101,118)(H,102,122)(H,104,119)(H,105,123)(H,126,127)(H3,97,98,128)/t59-,60-,64-,65-,67+,70-,72-,74-,75-,79-,84-,85-,143?/m0/s1. The number of carboxylic acids is 1. The van der Waals surface area contributed by atoms with Crippen molar-refractivity contribution in [2.45, 2.75) is 179 Å². The molecule has 2 aromatic carbocycles. The van der Waals surface area contributed by atoms with E-state index in [1.54, 1.807) is 64.0 Å². The van der Waals surface area contributed by atoms with E-state index in [0.29, 0.717) is 83.1 Å². The molecule has 1 unspecified atom stereocenters. The highest BCUT2D eigenvalue weighted by atomic mass is 32.2. The lowest BCUT2D eigenvalue weighted by Crippen LogP contribution is -2.56. The zero-order valence-electron chi connectivity index (χ0n) is 82.5. The van der Waals surface area contributed by atoms with Gasteiger partial charge in [-0.3, -0.25) is 71.3 Å². The number of aliphatic hydroxyl groups excluding tert-OH is 3. The Hall–Kier alpha value is -11.2. The molecular formula is C95H144N14O33S. The number of carbonyl (C=O) groups excluding carboxylic acids is 16. The van der Waals surface area contributed by atoms with Gasteiger partial charge in [0.05, 0.1) is 203 Å². The van der Waals surface area contributed by atoms with Crippen molar-refractivity contribution < 1.29 is 158 Å². The van der Waals surface area contributed by atoms with Gasteiger partial charge in [-0.05, 0) is 72.8 Å². The number of carbonyl (C=O) groups is 17. The van der Waals surface area contributed by atoms with Gasteiger partial charge in [-0.25, -0.2) is 14.4 Å². The normalized spacial score (nSPS) is 20.4. The van der Waals surface area contributed by atoms with Gasteiger partial charge in [0, 0.05) is 134 Å². The van der Waals surface area contributed by atoms with E-state index in [9.17, 15) is 97.1 Å². The highest BCUT2D eigenvalue weighted by Gasteiger charge is 2.46. The van der Waals surface area contributed by atoms with Crippen LogP contribution in [0, 0.1) is 41.4 Å². The van der Waals surface area contributed by atoms with E-state index in [1.165, 1.54) is 37.1 Å². The molecule has 13 amide bonds. The molecule has 0 aliphatic carbocycles. The summed E-state index contributed by atoms with van der Waals surface area (Å²) in [5.74, 6) is -19.0. The minimum absolute atomic E-state index is 0.0141. The molecule has 0 radical (unpaired) electrons.